The summed E-state index contributed by atoms with van der Waals surface area (Å²) in [6.07, 6.45) is 1.57. The SMILES string of the molecule is CCN(CC)CCC(=O)c1ccc(NS(C)(=O)=O)cc1. The molecule has 0 amide bonds. The maximum atomic E-state index is 12.0. The van der Waals surface area contributed by atoms with E-state index < -0.39 is 10.0 Å². The Labute approximate surface area is 121 Å². The number of benzene rings is 1. The summed E-state index contributed by atoms with van der Waals surface area (Å²) in [5.74, 6) is 0.0720. The summed E-state index contributed by atoms with van der Waals surface area (Å²) in [5.41, 5.74) is 1.07. The lowest BCUT2D eigenvalue weighted by Gasteiger charge is -2.17. The molecule has 112 valence electrons. The molecule has 5 nitrogen and oxygen atoms in total. The first kappa shape index (κ1) is 16.7. The van der Waals surface area contributed by atoms with Crippen molar-refractivity contribution >= 4 is 21.5 Å². The first-order chi connectivity index (χ1) is 9.35. The molecule has 0 fully saturated rings. The number of anilines is 1. The number of Topliss-reactive ketones (excluding diaryl/α,β-unsaturated/α-hetero) is 1. The van der Waals surface area contributed by atoms with Crippen LogP contribution in [0, 0.1) is 0 Å². The Bertz CT molecular complexity index is 534. The lowest BCUT2D eigenvalue weighted by Crippen LogP contribution is -2.25. The van der Waals surface area contributed by atoms with Crippen molar-refractivity contribution < 1.29 is 13.2 Å². The standard InChI is InChI=1S/C14H22N2O3S/c1-4-16(5-2)11-10-14(17)12-6-8-13(9-7-12)15-20(3,18)19/h6-9,15H,4-5,10-11H2,1-3H3. The third-order valence-corrected chi connectivity index (χ3v) is 3.67. The Balaban J connectivity index is 2.62. The van der Waals surface area contributed by atoms with Gasteiger partial charge in [-0.2, -0.15) is 0 Å². The summed E-state index contributed by atoms with van der Waals surface area (Å²) in [7, 11) is -3.28. The molecule has 1 aromatic carbocycles. The van der Waals surface area contributed by atoms with Gasteiger partial charge in [-0.1, -0.05) is 13.8 Å². The van der Waals surface area contributed by atoms with E-state index in [0.717, 1.165) is 25.9 Å². The number of sulfonamides is 1. The van der Waals surface area contributed by atoms with E-state index in [-0.39, 0.29) is 5.78 Å². The maximum absolute atomic E-state index is 12.0. The van der Waals surface area contributed by atoms with Gasteiger partial charge in [0.05, 0.1) is 6.26 Å². The number of carbonyl (C=O) groups excluding carboxylic acids is 1. The first-order valence-electron chi connectivity index (χ1n) is 6.69. The zero-order chi connectivity index (χ0) is 15.2. The average molecular weight is 298 g/mol. The Morgan fingerprint density at radius 1 is 1.15 bits per heavy atom. The summed E-state index contributed by atoms with van der Waals surface area (Å²) in [6.45, 7) is 6.75. The van der Waals surface area contributed by atoms with Crippen molar-refractivity contribution in [3.63, 3.8) is 0 Å². The van der Waals surface area contributed by atoms with Crippen LogP contribution in [-0.4, -0.2) is 45.0 Å². The number of carbonyl (C=O) groups is 1. The fraction of sp³-hybridized carbons (Fsp3) is 0.500. The Morgan fingerprint density at radius 2 is 1.70 bits per heavy atom. The molecule has 0 spiro atoms. The maximum Gasteiger partial charge on any atom is 0.229 e. The van der Waals surface area contributed by atoms with Crippen molar-refractivity contribution in [2.75, 3.05) is 30.6 Å². The second-order valence-electron chi connectivity index (χ2n) is 4.65. The largest absolute Gasteiger partial charge is 0.303 e. The molecule has 0 heterocycles. The molecule has 0 saturated carbocycles. The fourth-order valence-corrected chi connectivity index (χ4v) is 2.45. The predicted octanol–water partition coefficient (Wildman–Crippen LogP) is 1.97. The zero-order valence-corrected chi connectivity index (χ0v) is 13.0. The second-order valence-corrected chi connectivity index (χ2v) is 6.40. The highest BCUT2D eigenvalue weighted by Crippen LogP contribution is 2.12. The van der Waals surface area contributed by atoms with E-state index in [2.05, 4.69) is 23.5 Å². The van der Waals surface area contributed by atoms with Gasteiger partial charge in [-0.05, 0) is 37.4 Å². The van der Waals surface area contributed by atoms with Gasteiger partial charge in [0.1, 0.15) is 0 Å². The van der Waals surface area contributed by atoms with Crippen molar-refractivity contribution in [2.45, 2.75) is 20.3 Å². The van der Waals surface area contributed by atoms with E-state index in [1.807, 2.05) is 0 Å². The molecular weight excluding hydrogens is 276 g/mol. The molecule has 0 aliphatic carbocycles. The summed E-state index contributed by atoms with van der Waals surface area (Å²) in [6, 6.07) is 6.51. The van der Waals surface area contributed by atoms with Gasteiger partial charge in [0, 0.05) is 24.2 Å². The monoisotopic (exact) mass is 298 g/mol. The highest BCUT2D eigenvalue weighted by atomic mass is 32.2. The Hall–Kier alpha value is -1.40. The lowest BCUT2D eigenvalue weighted by molar-refractivity contribution is 0.0966. The van der Waals surface area contributed by atoms with Crippen LogP contribution in [0.1, 0.15) is 30.6 Å². The van der Waals surface area contributed by atoms with Gasteiger partial charge in [0.15, 0.2) is 5.78 Å². The van der Waals surface area contributed by atoms with Gasteiger partial charge in [0.2, 0.25) is 10.0 Å². The van der Waals surface area contributed by atoms with Crippen LogP contribution in [0.15, 0.2) is 24.3 Å². The third-order valence-electron chi connectivity index (χ3n) is 3.06. The lowest BCUT2D eigenvalue weighted by atomic mass is 10.1. The van der Waals surface area contributed by atoms with E-state index in [4.69, 9.17) is 0 Å². The van der Waals surface area contributed by atoms with Crippen molar-refractivity contribution in [3.05, 3.63) is 29.8 Å². The predicted molar refractivity (Wildman–Crippen MR) is 81.6 cm³/mol. The fourth-order valence-electron chi connectivity index (χ4n) is 1.88. The molecule has 1 N–H and O–H groups in total. The van der Waals surface area contributed by atoms with Crippen molar-refractivity contribution in [1.82, 2.24) is 4.90 Å². The van der Waals surface area contributed by atoms with Gasteiger partial charge in [-0.3, -0.25) is 9.52 Å². The van der Waals surface area contributed by atoms with Crippen LogP contribution in [0.25, 0.3) is 0 Å². The number of hydrogen-bond donors (Lipinski definition) is 1. The van der Waals surface area contributed by atoms with Crippen LogP contribution in [0.3, 0.4) is 0 Å². The second kappa shape index (κ2) is 7.40. The van der Waals surface area contributed by atoms with Gasteiger partial charge in [0.25, 0.3) is 0 Å². The molecule has 0 aromatic heterocycles. The van der Waals surface area contributed by atoms with Crippen molar-refractivity contribution in [2.24, 2.45) is 0 Å². The number of nitrogens with one attached hydrogen (secondary N) is 1. The van der Waals surface area contributed by atoms with Crippen LogP contribution in [0.4, 0.5) is 5.69 Å². The van der Waals surface area contributed by atoms with Crippen LogP contribution in [0.5, 0.6) is 0 Å². The minimum absolute atomic E-state index is 0.0720. The van der Waals surface area contributed by atoms with Crippen LogP contribution < -0.4 is 4.72 Å². The molecule has 0 atom stereocenters. The van der Waals surface area contributed by atoms with E-state index in [0.29, 0.717) is 17.7 Å². The minimum Gasteiger partial charge on any atom is -0.303 e. The summed E-state index contributed by atoms with van der Waals surface area (Å²) < 4.78 is 24.5. The number of hydrogen-bond acceptors (Lipinski definition) is 4. The summed E-state index contributed by atoms with van der Waals surface area (Å²) in [4.78, 5) is 14.2. The molecule has 0 radical (unpaired) electrons. The zero-order valence-electron chi connectivity index (χ0n) is 12.2. The summed E-state index contributed by atoms with van der Waals surface area (Å²) in [5, 5.41) is 0. The van der Waals surface area contributed by atoms with Crippen LogP contribution in [-0.2, 0) is 10.0 Å². The molecule has 0 aliphatic rings. The van der Waals surface area contributed by atoms with E-state index >= 15 is 0 Å². The smallest absolute Gasteiger partial charge is 0.229 e. The average Bonchev–Trinajstić information content (AvgIpc) is 2.38. The molecule has 20 heavy (non-hydrogen) atoms. The molecule has 1 aromatic rings. The van der Waals surface area contributed by atoms with E-state index in [1.165, 1.54) is 0 Å². The molecule has 6 heteroatoms. The number of rotatable bonds is 8. The van der Waals surface area contributed by atoms with Gasteiger partial charge in [-0.15, -0.1) is 0 Å². The third kappa shape index (κ3) is 5.71. The number of nitrogens with zero attached hydrogens (tertiary/aromatic N) is 1. The van der Waals surface area contributed by atoms with Gasteiger partial charge < -0.3 is 4.90 Å². The van der Waals surface area contributed by atoms with Gasteiger partial charge in [-0.25, -0.2) is 8.42 Å². The normalized spacial score (nSPS) is 11.6. The van der Waals surface area contributed by atoms with Crippen LogP contribution in [0.2, 0.25) is 0 Å². The van der Waals surface area contributed by atoms with Crippen molar-refractivity contribution in [1.29, 1.82) is 0 Å². The highest BCUT2D eigenvalue weighted by Gasteiger charge is 2.09. The molecule has 0 aliphatic heterocycles. The number of ketones is 1. The molecule has 0 bridgehead atoms. The van der Waals surface area contributed by atoms with Gasteiger partial charge >= 0.3 is 0 Å². The minimum atomic E-state index is -3.28. The van der Waals surface area contributed by atoms with E-state index in [9.17, 15) is 13.2 Å². The molecule has 0 saturated heterocycles. The summed E-state index contributed by atoms with van der Waals surface area (Å²) >= 11 is 0. The molecular formula is C14H22N2O3S. The van der Waals surface area contributed by atoms with Crippen molar-refractivity contribution in [3.8, 4) is 0 Å². The quantitative estimate of drug-likeness (QED) is 0.745. The Morgan fingerprint density at radius 3 is 2.15 bits per heavy atom. The van der Waals surface area contributed by atoms with E-state index in [1.54, 1.807) is 24.3 Å². The van der Waals surface area contributed by atoms with Crippen LogP contribution >= 0.6 is 0 Å². The first-order valence-corrected chi connectivity index (χ1v) is 8.58. The molecule has 1 rings (SSSR count). The highest BCUT2D eigenvalue weighted by molar-refractivity contribution is 7.92. The molecule has 0 unspecified atom stereocenters. The Kier molecular flexibility index (Phi) is 6.16. The topological polar surface area (TPSA) is 66.5 Å².